The molecule has 2 aromatic carbocycles. The number of carbonyl (C=O) groups excluding carboxylic acids is 1. The Labute approximate surface area is 151 Å². The number of hydrogen-bond donors (Lipinski definition) is 1. The van der Waals surface area contributed by atoms with Crippen molar-refractivity contribution >= 4 is 17.7 Å². The van der Waals surface area contributed by atoms with Crippen LogP contribution in [0, 0.1) is 11.3 Å². The summed E-state index contributed by atoms with van der Waals surface area (Å²) in [5.41, 5.74) is 1.27. The number of ether oxygens (including phenoxy) is 3. The van der Waals surface area contributed by atoms with Crippen molar-refractivity contribution in [2.24, 2.45) is 0 Å². The van der Waals surface area contributed by atoms with Crippen molar-refractivity contribution in [3.05, 3.63) is 53.6 Å². The molecule has 2 aromatic rings. The number of rotatable bonds is 5. The Morgan fingerprint density at radius 3 is 2.62 bits per heavy atom. The second-order valence-corrected chi connectivity index (χ2v) is 5.48. The smallest absolute Gasteiger partial charge is 0.266 e. The summed E-state index contributed by atoms with van der Waals surface area (Å²) < 4.78 is 16.3. The van der Waals surface area contributed by atoms with E-state index in [0.717, 1.165) is 5.75 Å². The molecule has 1 N–H and O–H groups in total. The summed E-state index contributed by atoms with van der Waals surface area (Å²) in [7, 11) is 0. The van der Waals surface area contributed by atoms with Crippen LogP contribution >= 0.6 is 0 Å². The molecular weight excluding hydrogens is 332 g/mol. The molecular formula is C20H18N2O4. The number of benzene rings is 2. The summed E-state index contributed by atoms with van der Waals surface area (Å²) in [4.78, 5) is 12.4. The molecule has 3 rings (SSSR count). The summed E-state index contributed by atoms with van der Waals surface area (Å²) in [6, 6.07) is 14.2. The van der Waals surface area contributed by atoms with Crippen LogP contribution in [0.3, 0.4) is 0 Å². The van der Waals surface area contributed by atoms with Gasteiger partial charge in [0, 0.05) is 5.69 Å². The van der Waals surface area contributed by atoms with Crippen LogP contribution in [-0.2, 0) is 4.79 Å². The Bertz CT molecular complexity index is 866. The Balaban J connectivity index is 1.74. The third-order valence-electron chi connectivity index (χ3n) is 3.67. The molecule has 132 valence electrons. The average Bonchev–Trinajstić information content (AvgIpc) is 2.67. The second kappa shape index (κ2) is 8.08. The minimum Gasteiger partial charge on any atom is -0.494 e. The Morgan fingerprint density at radius 1 is 1.19 bits per heavy atom. The number of anilines is 1. The molecule has 0 spiro atoms. The lowest BCUT2D eigenvalue weighted by Crippen LogP contribution is -2.15. The first-order valence-electron chi connectivity index (χ1n) is 8.25. The third-order valence-corrected chi connectivity index (χ3v) is 3.67. The first-order chi connectivity index (χ1) is 12.7. The van der Waals surface area contributed by atoms with Crippen molar-refractivity contribution < 1.29 is 19.0 Å². The SMILES string of the molecule is CCOc1ccc(NC(=O)/C(C#N)=C/c2ccc3c(c2)OCCO3)cc1. The number of carbonyl (C=O) groups is 1. The van der Waals surface area contributed by atoms with Crippen molar-refractivity contribution in [2.75, 3.05) is 25.1 Å². The van der Waals surface area contributed by atoms with Gasteiger partial charge < -0.3 is 19.5 Å². The van der Waals surface area contributed by atoms with Gasteiger partial charge in [0.05, 0.1) is 6.61 Å². The maximum atomic E-state index is 12.4. The molecule has 1 amide bonds. The van der Waals surface area contributed by atoms with Gasteiger partial charge in [-0.05, 0) is 55.0 Å². The van der Waals surface area contributed by atoms with Gasteiger partial charge in [0.1, 0.15) is 30.6 Å². The van der Waals surface area contributed by atoms with E-state index < -0.39 is 5.91 Å². The van der Waals surface area contributed by atoms with Crippen molar-refractivity contribution in [2.45, 2.75) is 6.92 Å². The molecule has 0 fully saturated rings. The molecule has 0 saturated carbocycles. The van der Waals surface area contributed by atoms with Gasteiger partial charge >= 0.3 is 0 Å². The van der Waals surface area contributed by atoms with Gasteiger partial charge in [-0.25, -0.2) is 0 Å². The number of nitriles is 1. The van der Waals surface area contributed by atoms with Crippen molar-refractivity contribution in [1.82, 2.24) is 0 Å². The summed E-state index contributed by atoms with van der Waals surface area (Å²) in [6.07, 6.45) is 1.52. The molecule has 0 atom stereocenters. The first-order valence-corrected chi connectivity index (χ1v) is 8.25. The summed E-state index contributed by atoms with van der Waals surface area (Å²) in [5.74, 6) is 1.50. The molecule has 0 saturated heterocycles. The highest BCUT2D eigenvalue weighted by atomic mass is 16.6. The number of fused-ring (bicyclic) bond motifs is 1. The summed E-state index contributed by atoms with van der Waals surface area (Å²) in [6.45, 7) is 3.46. The van der Waals surface area contributed by atoms with Crippen molar-refractivity contribution in [1.29, 1.82) is 5.26 Å². The fourth-order valence-electron chi connectivity index (χ4n) is 2.46. The third kappa shape index (κ3) is 4.14. The van der Waals surface area contributed by atoms with E-state index in [1.54, 1.807) is 42.5 Å². The van der Waals surface area contributed by atoms with E-state index in [9.17, 15) is 10.1 Å². The predicted molar refractivity (Wildman–Crippen MR) is 97.3 cm³/mol. The van der Waals surface area contributed by atoms with E-state index in [4.69, 9.17) is 14.2 Å². The Hall–Kier alpha value is -3.46. The quantitative estimate of drug-likeness (QED) is 0.660. The van der Waals surface area contributed by atoms with E-state index in [2.05, 4.69) is 5.32 Å². The van der Waals surface area contributed by atoms with Gasteiger partial charge in [0.25, 0.3) is 5.91 Å². The fraction of sp³-hybridized carbons (Fsp3) is 0.200. The normalized spacial score (nSPS) is 12.8. The molecule has 0 aromatic heterocycles. The zero-order valence-electron chi connectivity index (χ0n) is 14.3. The van der Waals surface area contributed by atoms with Gasteiger partial charge in [-0.1, -0.05) is 6.07 Å². The molecule has 0 unspecified atom stereocenters. The highest BCUT2D eigenvalue weighted by molar-refractivity contribution is 6.09. The monoisotopic (exact) mass is 350 g/mol. The lowest BCUT2D eigenvalue weighted by molar-refractivity contribution is -0.112. The van der Waals surface area contributed by atoms with Gasteiger partial charge in [0.2, 0.25) is 0 Å². The van der Waals surface area contributed by atoms with Crippen LogP contribution in [0.25, 0.3) is 6.08 Å². The summed E-state index contributed by atoms with van der Waals surface area (Å²) >= 11 is 0. The van der Waals surface area contributed by atoms with E-state index in [-0.39, 0.29) is 5.57 Å². The maximum Gasteiger partial charge on any atom is 0.266 e. The maximum absolute atomic E-state index is 12.4. The topological polar surface area (TPSA) is 80.6 Å². The van der Waals surface area contributed by atoms with Crippen LogP contribution in [0.5, 0.6) is 17.2 Å². The van der Waals surface area contributed by atoms with Gasteiger partial charge in [-0.15, -0.1) is 0 Å². The van der Waals surface area contributed by atoms with Crippen LogP contribution in [0.15, 0.2) is 48.0 Å². The molecule has 0 aliphatic carbocycles. The van der Waals surface area contributed by atoms with E-state index >= 15 is 0 Å². The largest absolute Gasteiger partial charge is 0.494 e. The van der Waals surface area contributed by atoms with E-state index in [1.807, 2.05) is 13.0 Å². The minimum atomic E-state index is -0.480. The Kier molecular flexibility index (Phi) is 5.40. The molecule has 6 nitrogen and oxygen atoms in total. The average molecular weight is 350 g/mol. The van der Waals surface area contributed by atoms with Crippen LogP contribution in [0.2, 0.25) is 0 Å². The van der Waals surface area contributed by atoms with Gasteiger partial charge in [0.15, 0.2) is 11.5 Å². The van der Waals surface area contributed by atoms with Gasteiger partial charge in [-0.3, -0.25) is 4.79 Å². The second-order valence-electron chi connectivity index (χ2n) is 5.48. The Morgan fingerprint density at radius 2 is 1.92 bits per heavy atom. The molecule has 6 heteroatoms. The summed E-state index contributed by atoms with van der Waals surface area (Å²) in [5, 5.41) is 12.0. The number of hydrogen-bond acceptors (Lipinski definition) is 5. The predicted octanol–water partition coefficient (Wildman–Crippen LogP) is 3.40. The first kappa shape index (κ1) is 17.4. The lowest BCUT2D eigenvalue weighted by atomic mass is 10.1. The molecule has 1 heterocycles. The number of nitrogens with zero attached hydrogens (tertiary/aromatic N) is 1. The van der Waals surface area contributed by atoms with Crippen LogP contribution in [0.1, 0.15) is 12.5 Å². The molecule has 0 radical (unpaired) electrons. The van der Waals surface area contributed by atoms with Crippen LogP contribution < -0.4 is 19.5 Å². The number of amides is 1. The van der Waals surface area contributed by atoms with Gasteiger partial charge in [-0.2, -0.15) is 5.26 Å². The molecule has 26 heavy (non-hydrogen) atoms. The van der Waals surface area contributed by atoms with Crippen molar-refractivity contribution in [3.8, 4) is 23.3 Å². The standard InChI is InChI=1S/C20H18N2O4/c1-2-24-17-6-4-16(5-7-17)22-20(23)15(13-21)11-14-3-8-18-19(12-14)26-10-9-25-18/h3-8,11-12H,2,9-10H2,1H3,(H,22,23)/b15-11+. The van der Waals surface area contributed by atoms with Crippen molar-refractivity contribution in [3.63, 3.8) is 0 Å². The minimum absolute atomic E-state index is 0.00411. The fourth-order valence-corrected chi connectivity index (χ4v) is 2.46. The zero-order chi connectivity index (χ0) is 18.4. The van der Waals surface area contributed by atoms with Crippen LogP contribution in [0.4, 0.5) is 5.69 Å². The van der Waals surface area contributed by atoms with Crippen LogP contribution in [-0.4, -0.2) is 25.7 Å². The zero-order valence-corrected chi connectivity index (χ0v) is 14.3. The van der Waals surface area contributed by atoms with E-state index in [1.165, 1.54) is 6.08 Å². The molecule has 1 aliphatic heterocycles. The lowest BCUT2D eigenvalue weighted by Gasteiger charge is -2.18. The molecule has 1 aliphatic rings. The highest BCUT2D eigenvalue weighted by Gasteiger charge is 2.13. The number of nitrogens with one attached hydrogen (secondary N) is 1. The van der Waals surface area contributed by atoms with E-state index in [0.29, 0.717) is 42.6 Å². The molecule has 0 bridgehead atoms. The highest BCUT2D eigenvalue weighted by Crippen LogP contribution is 2.31.